The first-order valence-corrected chi connectivity index (χ1v) is 10.8. The van der Waals surface area contributed by atoms with Gasteiger partial charge >= 0.3 is 0 Å². The van der Waals surface area contributed by atoms with Gasteiger partial charge in [-0.05, 0) is 49.2 Å². The lowest BCUT2D eigenvalue weighted by Gasteiger charge is -2.37. The maximum atomic E-state index is 12.9. The maximum Gasteiger partial charge on any atom is 0.253 e. The van der Waals surface area contributed by atoms with Gasteiger partial charge in [0, 0.05) is 37.8 Å². The van der Waals surface area contributed by atoms with Crippen molar-refractivity contribution >= 4 is 23.3 Å². The second-order valence-corrected chi connectivity index (χ2v) is 8.02. The van der Waals surface area contributed by atoms with Gasteiger partial charge in [0.1, 0.15) is 11.6 Å². The number of aromatic nitrogens is 4. The Hall–Kier alpha value is -4.08. The quantitative estimate of drug-likeness (QED) is 0.497. The second-order valence-electron chi connectivity index (χ2n) is 8.02. The van der Waals surface area contributed by atoms with E-state index in [4.69, 9.17) is 14.9 Å². The largest absolute Gasteiger partial charge is 0.497 e. The summed E-state index contributed by atoms with van der Waals surface area (Å²) in [5, 5.41) is 4.39. The maximum absolute atomic E-state index is 12.9. The molecule has 0 saturated carbocycles. The van der Waals surface area contributed by atoms with Crippen LogP contribution < -0.4 is 15.4 Å². The molecular weight excluding hydrogens is 422 g/mol. The molecule has 33 heavy (non-hydrogen) atoms. The number of likely N-dealkylation sites (tertiary alicyclic amines) is 1. The Bertz CT molecular complexity index is 1260. The van der Waals surface area contributed by atoms with Crippen LogP contribution in [0, 0.1) is 0 Å². The number of fused-ring (bicyclic) bond motifs is 1. The summed E-state index contributed by atoms with van der Waals surface area (Å²) in [5.41, 5.74) is 7.44. The van der Waals surface area contributed by atoms with Crippen molar-refractivity contribution in [2.75, 3.05) is 37.9 Å². The number of carbonyl (C=O) groups is 1. The Balaban J connectivity index is 1.28. The number of nitrogens with two attached hydrogens (primary N) is 1. The third kappa shape index (κ3) is 3.95. The Kier molecular flexibility index (Phi) is 5.33. The van der Waals surface area contributed by atoms with Crippen LogP contribution in [0.25, 0.3) is 17.2 Å². The fourth-order valence-corrected chi connectivity index (χ4v) is 4.15. The average Bonchev–Trinajstić information content (AvgIpc) is 3.53. The van der Waals surface area contributed by atoms with Crippen LogP contribution in [0.15, 0.2) is 53.1 Å². The zero-order valence-corrected chi connectivity index (χ0v) is 18.5. The van der Waals surface area contributed by atoms with Crippen LogP contribution in [0.4, 0.5) is 11.8 Å². The van der Waals surface area contributed by atoms with Gasteiger partial charge < -0.3 is 24.7 Å². The number of hydrogen-bond donors (Lipinski definition) is 1. The molecule has 0 aliphatic carbocycles. The van der Waals surface area contributed by atoms with Crippen molar-refractivity contribution in [3.05, 3.63) is 54.3 Å². The molecule has 4 heterocycles. The number of amides is 1. The number of hydrogen-bond acceptors (Lipinski definition) is 8. The predicted molar refractivity (Wildman–Crippen MR) is 123 cm³/mol. The first-order chi connectivity index (χ1) is 16.0. The molecule has 170 valence electrons. The van der Waals surface area contributed by atoms with Crippen LogP contribution >= 0.6 is 0 Å². The van der Waals surface area contributed by atoms with Crippen LogP contribution in [0.1, 0.15) is 23.2 Å². The van der Waals surface area contributed by atoms with E-state index in [-0.39, 0.29) is 17.9 Å². The van der Waals surface area contributed by atoms with Gasteiger partial charge in [-0.2, -0.15) is 9.50 Å². The minimum Gasteiger partial charge on any atom is -0.497 e. The van der Waals surface area contributed by atoms with Gasteiger partial charge in [-0.1, -0.05) is 0 Å². The third-order valence-electron chi connectivity index (χ3n) is 6.08. The molecule has 0 atom stereocenters. The zero-order valence-electron chi connectivity index (χ0n) is 18.5. The average molecular weight is 447 g/mol. The zero-order chi connectivity index (χ0) is 22.9. The molecule has 5 rings (SSSR count). The highest BCUT2D eigenvalue weighted by Crippen LogP contribution is 2.25. The van der Waals surface area contributed by atoms with E-state index in [0.29, 0.717) is 35.9 Å². The number of carbonyl (C=O) groups excluding carboxylic acids is 1. The van der Waals surface area contributed by atoms with Crippen LogP contribution in [-0.4, -0.2) is 63.7 Å². The first-order valence-electron chi connectivity index (χ1n) is 10.8. The van der Waals surface area contributed by atoms with E-state index in [1.807, 2.05) is 30.1 Å². The first kappa shape index (κ1) is 20.8. The van der Waals surface area contributed by atoms with Crippen molar-refractivity contribution in [3.63, 3.8) is 0 Å². The van der Waals surface area contributed by atoms with Gasteiger partial charge in [0.2, 0.25) is 11.8 Å². The number of piperidine rings is 1. The molecule has 1 aromatic carbocycles. The molecule has 1 aliphatic heterocycles. The van der Waals surface area contributed by atoms with Gasteiger partial charge in [-0.3, -0.25) is 4.79 Å². The molecule has 1 amide bonds. The molecule has 10 heteroatoms. The smallest absolute Gasteiger partial charge is 0.253 e. The molecule has 1 saturated heterocycles. The minimum absolute atomic E-state index is 0.0384. The lowest BCUT2D eigenvalue weighted by atomic mass is 10.0. The summed E-state index contributed by atoms with van der Waals surface area (Å²) < 4.78 is 12.1. The topological polar surface area (TPSA) is 115 Å². The van der Waals surface area contributed by atoms with E-state index in [2.05, 4.69) is 20.0 Å². The summed E-state index contributed by atoms with van der Waals surface area (Å²) in [6.07, 6.45) is 3.23. The number of ether oxygens (including phenoxy) is 1. The number of nitrogens with zero attached hydrogens (tertiary/aromatic N) is 6. The summed E-state index contributed by atoms with van der Waals surface area (Å²) in [6, 6.07) is 12.9. The summed E-state index contributed by atoms with van der Waals surface area (Å²) in [7, 11) is 3.60. The van der Waals surface area contributed by atoms with Crippen molar-refractivity contribution in [2.24, 2.45) is 0 Å². The van der Waals surface area contributed by atoms with Gasteiger partial charge in [-0.15, -0.1) is 5.10 Å². The Labute approximate surface area is 190 Å². The molecule has 1 aliphatic rings. The van der Waals surface area contributed by atoms with E-state index < -0.39 is 0 Å². The molecule has 3 aromatic heterocycles. The molecule has 0 radical (unpaired) electrons. The SMILES string of the molecule is COc1ccc(C(=O)N2CCC(N(C)c3cc4nc(-c5ccco5)nn4c(N)n3)CC2)cc1. The molecular formula is C23H25N7O3. The summed E-state index contributed by atoms with van der Waals surface area (Å²) in [6.45, 7) is 1.34. The number of benzene rings is 1. The number of rotatable bonds is 5. The summed E-state index contributed by atoms with van der Waals surface area (Å²) in [4.78, 5) is 25.9. The predicted octanol–water partition coefficient (Wildman–Crippen LogP) is 2.72. The van der Waals surface area contributed by atoms with Gasteiger partial charge in [0.25, 0.3) is 5.91 Å². The van der Waals surface area contributed by atoms with Crippen molar-refractivity contribution in [2.45, 2.75) is 18.9 Å². The standard InChI is InChI=1S/C23H25N7O3/c1-28(16-9-11-29(12-10-16)22(31)15-5-7-17(32-2)8-6-15)19-14-20-25-21(18-4-3-13-33-18)27-30(20)23(24)26-19/h3-8,13-14,16H,9-12H2,1-2H3,(H2,24,26). The molecule has 0 spiro atoms. The van der Waals surface area contributed by atoms with Crippen LogP contribution in [-0.2, 0) is 0 Å². The monoisotopic (exact) mass is 447 g/mol. The molecule has 10 nitrogen and oxygen atoms in total. The molecule has 2 N–H and O–H groups in total. The number of furan rings is 1. The van der Waals surface area contributed by atoms with Gasteiger partial charge in [0.15, 0.2) is 11.4 Å². The lowest BCUT2D eigenvalue weighted by Crippen LogP contribution is -2.46. The minimum atomic E-state index is 0.0384. The normalized spacial score (nSPS) is 14.5. The van der Waals surface area contributed by atoms with E-state index in [1.54, 1.807) is 37.6 Å². The van der Waals surface area contributed by atoms with E-state index >= 15 is 0 Å². The molecule has 4 aromatic rings. The van der Waals surface area contributed by atoms with E-state index in [9.17, 15) is 4.79 Å². The molecule has 1 fully saturated rings. The Morgan fingerprint density at radius 3 is 2.61 bits per heavy atom. The van der Waals surface area contributed by atoms with E-state index in [0.717, 1.165) is 24.4 Å². The number of anilines is 2. The summed E-state index contributed by atoms with van der Waals surface area (Å²) in [5.74, 6) is 2.78. The summed E-state index contributed by atoms with van der Waals surface area (Å²) >= 11 is 0. The van der Waals surface area contributed by atoms with E-state index in [1.165, 1.54) is 4.52 Å². The fourth-order valence-electron chi connectivity index (χ4n) is 4.15. The fraction of sp³-hybridized carbons (Fsp3) is 0.304. The lowest BCUT2D eigenvalue weighted by molar-refractivity contribution is 0.0713. The highest BCUT2D eigenvalue weighted by atomic mass is 16.5. The second kappa shape index (κ2) is 8.45. The van der Waals surface area contributed by atoms with Crippen molar-refractivity contribution in [1.82, 2.24) is 24.5 Å². The van der Waals surface area contributed by atoms with Crippen molar-refractivity contribution in [1.29, 1.82) is 0 Å². The van der Waals surface area contributed by atoms with Crippen molar-refractivity contribution in [3.8, 4) is 17.3 Å². The van der Waals surface area contributed by atoms with Gasteiger partial charge in [-0.25, -0.2) is 4.98 Å². The molecule has 0 bridgehead atoms. The Morgan fingerprint density at radius 1 is 1.18 bits per heavy atom. The Morgan fingerprint density at radius 2 is 1.94 bits per heavy atom. The highest BCUT2D eigenvalue weighted by Gasteiger charge is 2.27. The van der Waals surface area contributed by atoms with Crippen LogP contribution in [0.2, 0.25) is 0 Å². The highest BCUT2D eigenvalue weighted by molar-refractivity contribution is 5.94. The van der Waals surface area contributed by atoms with Gasteiger partial charge in [0.05, 0.1) is 13.4 Å². The molecule has 0 unspecified atom stereocenters. The van der Waals surface area contributed by atoms with Crippen molar-refractivity contribution < 1.29 is 13.9 Å². The third-order valence-corrected chi connectivity index (χ3v) is 6.08. The van der Waals surface area contributed by atoms with Crippen LogP contribution in [0.5, 0.6) is 5.75 Å². The number of nitrogen functional groups attached to an aromatic ring is 1. The van der Waals surface area contributed by atoms with Crippen LogP contribution in [0.3, 0.4) is 0 Å². The number of methoxy groups -OCH3 is 1.